The van der Waals surface area contributed by atoms with Gasteiger partial charge in [-0.05, 0) is 19.4 Å². The number of aromatic nitrogens is 2. The number of nitrogens with one attached hydrogen (secondary N) is 1. The van der Waals surface area contributed by atoms with Crippen LogP contribution in [0.2, 0.25) is 0 Å². The summed E-state index contributed by atoms with van der Waals surface area (Å²) in [5, 5.41) is 7.36. The average Bonchev–Trinajstić information content (AvgIpc) is 2.81. The van der Waals surface area contributed by atoms with Crippen LogP contribution in [-0.2, 0) is 16.1 Å². The van der Waals surface area contributed by atoms with Crippen LogP contribution in [0.3, 0.4) is 0 Å². The Morgan fingerprint density at radius 1 is 1.35 bits per heavy atom. The van der Waals surface area contributed by atoms with Gasteiger partial charge in [0.15, 0.2) is 0 Å². The Hall–Kier alpha value is -2.18. The van der Waals surface area contributed by atoms with Crippen LogP contribution in [0.25, 0.3) is 0 Å². The summed E-state index contributed by atoms with van der Waals surface area (Å²) in [6, 6.07) is 9.30. The number of carbonyl (C=O) groups excluding carboxylic acids is 1. The van der Waals surface area contributed by atoms with E-state index in [-0.39, 0.29) is 18.4 Å². The summed E-state index contributed by atoms with van der Waals surface area (Å²) in [5.41, 5.74) is 9.51. The second-order valence-electron chi connectivity index (χ2n) is 5.53. The third-order valence-electron chi connectivity index (χ3n) is 3.79. The number of rotatable bonds is 7. The number of carbonyl (C=O) groups is 1. The normalized spacial score (nSPS) is 12.2. The Kier molecular flexibility index (Phi) is 5.90. The number of ether oxygens (including phenoxy) is 1. The number of methoxy groups -OCH3 is 1. The van der Waals surface area contributed by atoms with Gasteiger partial charge >= 0.3 is 0 Å². The summed E-state index contributed by atoms with van der Waals surface area (Å²) in [7, 11) is 1.65. The lowest BCUT2D eigenvalue weighted by atomic mass is 10.0. The van der Waals surface area contributed by atoms with E-state index in [9.17, 15) is 4.79 Å². The topological polar surface area (TPSA) is 82.2 Å². The van der Waals surface area contributed by atoms with Crippen molar-refractivity contribution in [3.05, 3.63) is 47.3 Å². The quantitative estimate of drug-likeness (QED) is 0.820. The summed E-state index contributed by atoms with van der Waals surface area (Å²) in [6.07, 6.45) is 0.228. The van der Waals surface area contributed by atoms with Crippen molar-refractivity contribution in [1.82, 2.24) is 9.78 Å². The molecule has 1 atom stereocenters. The van der Waals surface area contributed by atoms with E-state index in [1.54, 1.807) is 7.11 Å². The van der Waals surface area contributed by atoms with Crippen LogP contribution in [0.5, 0.6) is 0 Å². The molecule has 3 N–H and O–H groups in total. The molecule has 1 aromatic carbocycles. The maximum absolute atomic E-state index is 12.3. The van der Waals surface area contributed by atoms with Gasteiger partial charge in [-0.25, -0.2) is 0 Å². The minimum Gasteiger partial charge on any atom is -0.383 e. The predicted molar refractivity (Wildman–Crippen MR) is 90.2 cm³/mol. The van der Waals surface area contributed by atoms with E-state index in [0.717, 1.165) is 22.6 Å². The standard InChI is InChI=1S/C17H24N4O2/c1-12-17(13(2)21(20-12)9-10-23-3)19-16(22)11-15(18)14-7-5-4-6-8-14/h4-8,15H,9-11,18H2,1-3H3,(H,19,22). The second kappa shape index (κ2) is 7.89. The van der Waals surface area contributed by atoms with Gasteiger partial charge in [-0.15, -0.1) is 0 Å². The van der Waals surface area contributed by atoms with Crippen molar-refractivity contribution in [2.45, 2.75) is 32.9 Å². The van der Waals surface area contributed by atoms with Crippen LogP contribution in [0.4, 0.5) is 5.69 Å². The van der Waals surface area contributed by atoms with Gasteiger partial charge in [0.2, 0.25) is 5.91 Å². The number of amides is 1. The monoisotopic (exact) mass is 316 g/mol. The first-order valence-electron chi connectivity index (χ1n) is 7.66. The lowest BCUT2D eigenvalue weighted by Gasteiger charge is -2.12. The first kappa shape index (κ1) is 17.2. The molecule has 1 heterocycles. The zero-order valence-corrected chi connectivity index (χ0v) is 13.9. The molecule has 23 heavy (non-hydrogen) atoms. The lowest BCUT2D eigenvalue weighted by molar-refractivity contribution is -0.116. The van der Waals surface area contributed by atoms with Gasteiger partial charge in [-0.1, -0.05) is 30.3 Å². The van der Waals surface area contributed by atoms with Crippen molar-refractivity contribution >= 4 is 11.6 Å². The zero-order chi connectivity index (χ0) is 16.8. The van der Waals surface area contributed by atoms with Gasteiger partial charge in [0.05, 0.1) is 30.2 Å². The van der Waals surface area contributed by atoms with Crippen LogP contribution in [0.1, 0.15) is 29.4 Å². The molecule has 0 spiro atoms. The molecule has 0 aliphatic carbocycles. The molecule has 0 bridgehead atoms. The number of hydrogen-bond donors (Lipinski definition) is 2. The molecule has 1 amide bonds. The van der Waals surface area contributed by atoms with Gasteiger partial charge in [0.1, 0.15) is 0 Å². The fourth-order valence-electron chi connectivity index (χ4n) is 2.48. The largest absolute Gasteiger partial charge is 0.383 e. The molecule has 6 heteroatoms. The summed E-state index contributed by atoms with van der Waals surface area (Å²) >= 11 is 0. The molecular weight excluding hydrogens is 292 g/mol. The summed E-state index contributed by atoms with van der Waals surface area (Å²) in [6.45, 7) is 5.04. The highest BCUT2D eigenvalue weighted by Gasteiger charge is 2.16. The van der Waals surface area contributed by atoms with E-state index < -0.39 is 0 Å². The van der Waals surface area contributed by atoms with Crippen molar-refractivity contribution in [2.24, 2.45) is 5.73 Å². The zero-order valence-electron chi connectivity index (χ0n) is 13.9. The van der Waals surface area contributed by atoms with E-state index in [4.69, 9.17) is 10.5 Å². The van der Waals surface area contributed by atoms with Crippen molar-refractivity contribution in [3.63, 3.8) is 0 Å². The van der Waals surface area contributed by atoms with Crippen molar-refractivity contribution in [3.8, 4) is 0 Å². The molecule has 2 aromatic rings. The van der Waals surface area contributed by atoms with Crippen LogP contribution in [0.15, 0.2) is 30.3 Å². The van der Waals surface area contributed by atoms with Gasteiger partial charge in [0, 0.05) is 19.6 Å². The van der Waals surface area contributed by atoms with Crippen LogP contribution < -0.4 is 11.1 Å². The van der Waals surface area contributed by atoms with Crippen molar-refractivity contribution < 1.29 is 9.53 Å². The number of hydrogen-bond acceptors (Lipinski definition) is 4. The predicted octanol–water partition coefficient (Wildman–Crippen LogP) is 2.17. The Morgan fingerprint density at radius 3 is 2.70 bits per heavy atom. The number of nitrogens with zero attached hydrogens (tertiary/aromatic N) is 2. The van der Waals surface area contributed by atoms with Crippen molar-refractivity contribution in [1.29, 1.82) is 0 Å². The molecule has 1 unspecified atom stereocenters. The van der Waals surface area contributed by atoms with Gasteiger partial charge in [0.25, 0.3) is 0 Å². The Bertz CT molecular complexity index is 652. The Labute approximate surface area is 136 Å². The fraction of sp³-hybridized carbons (Fsp3) is 0.412. The number of anilines is 1. The molecule has 0 saturated heterocycles. The minimum absolute atomic E-state index is 0.112. The molecule has 1 aromatic heterocycles. The molecular formula is C17H24N4O2. The van der Waals surface area contributed by atoms with E-state index in [2.05, 4.69) is 10.4 Å². The van der Waals surface area contributed by atoms with E-state index in [0.29, 0.717) is 13.2 Å². The van der Waals surface area contributed by atoms with Crippen LogP contribution in [-0.4, -0.2) is 29.4 Å². The first-order valence-corrected chi connectivity index (χ1v) is 7.66. The van der Waals surface area contributed by atoms with Crippen molar-refractivity contribution in [2.75, 3.05) is 19.0 Å². The molecule has 0 saturated carbocycles. The fourth-order valence-corrected chi connectivity index (χ4v) is 2.48. The van der Waals surface area contributed by atoms with Gasteiger partial charge < -0.3 is 15.8 Å². The van der Waals surface area contributed by atoms with E-state index >= 15 is 0 Å². The van der Waals surface area contributed by atoms with Gasteiger partial charge in [-0.3, -0.25) is 9.48 Å². The highest BCUT2D eigenvalue weighted by molar-refractivity contribution is 5.92. The van der Waals surface area contributed by atoms with Gasteiger partial charge in [-0.2, -0.15) is 5.10 Å². The number of benzene rings is 1. The molecule has 6 nitrogen and oxygen atoms in total. The molecule has 0 aliphatic rings. The minimum atomic E-state index is -0.319. The SMILES string of the molecule is COCCn1nc(C)c(NC(=O)CC(N)c2ccccc2)c1C. The number of aryl methyl sites for hydroxylation is 1. The molecule has 0 aliphatic heterocycles. The molecule has 0 fully saturated rings. The first-order chi connectivity index (χ1) is 11.0. The molecule has 2 rings (SSSR count). The summed E-state index contributed by atoms with van der Waals surface area (Å²) in [4.78, 5) is 12.3. The van der Waals surface area contributed by atoms with Crippen LogP contribution in [0, 0.1) is 13.8 Å². The maximum atomic E-state index is 12.3. The summed E-state index contributed by atoms with van der Waals surface area (Å²) in [5.74, 6) is -0.112. The highest BCUT2D eigenvalue weighted by atomic mass is 16.5. The molecule has 0 radical (unpaired) electrons. The van der Waals surface area contributed by atoms with E-state index in [1.165, 1.54) is 0 Å². The lowest BCUT2D eigenvalue weighted by Crippen LogP contribution is -2.21. The maximum Gasteiger partial charge on any atom is 0.226 e. The Balaban J connectivity index is 2.01. The Morgan fingerprint density at radius 2 is 2.04 bits per heavy atom. The van der Waals surface area contributed by atoms with E-state index in [1.807, 2.05) is 48.9 Å². The van der Waals surface area contributed by atoms with Crippen LogP contribution >= 0.6 is 0 Å². The second-order valence-corrected chi connectivity index (χ2v) is 5.53. The third kappa shape index (κ3) is 4.40. The highest BCUT2D eigenvalue weighted by Crippen LogP contribution is 2.21. The number of nitrogens with two attached hydrogens (primary N) is 1. The molecule has 124 valence electrons. The third-order valence-corrected chi connectivity index (χ3v) is 3.79. The summed E-state index contributed by atoms with van der Waals surface area (Å²) < 4.78 is 6.91. The average molecular weight is 316 g/mol. The smallest absolute Gasteiger partial charge is 0.226 e.